The highest BCUT2D eigenvalue weighted by Crippen LogP contribution is 2.27. The maximum atomic E-state index is 6.14. The molecule has 3 aromatic carbocycles. The second-order valence-electron chi connectivity index (χ2n) is 4.80. The van der Waals surface area contributed by atoms with E-state index in [1.165, 1.54) is 0 Å². The van der Waals surface area contributed by atoms with E-state index in [1.54, 1.807) is 0 Å². The molecule has 0 spiro atoms. The highest BCUT2D eigenvalue weighted by atomic mass is 35.5. The Morgan fingerprint density at radius 1 is 0.714 bits per heavy atom. The summed E-state index contributed by atoms with van der Waals surface area (Å²) in [5, 5.41) is 4.02. The zero-order chi connectivity index (χ0) is 14.7. The Bertz CT molecular complexity index is 734. The molecular formula is C18H15ClN2. The molecule has 3 N–H and O–H groups in total. The normalized spacial score (nSPS) is 10.3. The number of hydrogen-bond acceptors (Lipinski definition) is 2. The van der Waals surface area contributed by atoms with Gasteiger partial charge in [-0.3, -0.25) is 0 Å². The van der Waals surface area contributed by atoms with Crippen LogP contribution >= 0.6 is 11.6 Å². The molecule has 0 unspecified atom stereocenters. The van der Waals surface area contributed by atoms with E-state index < -0.39 is 0 Å². The van der Waals surface area contributed by atoms with Crippen LogP contribution in [-0.2, 0) is 0 Å². The van der Waals surface area contributed by atoms with Gasteiger partial charge in [0.05, 0.1) is 10.7 Å². The monoisotopic (exact) mass is 294 g/mol. The van der Waals surface area contributed by atoms with Gasteiger partial charge in [-0.05, 0) is 47.5 Å². The second kappa shape index (κ2) is 5.90. The molecule has 0 aromatic heterocycles. The van der Waals surface area contributed by atoms with Crippen molar-refractivity contribution in [3.63, 3.8) is 0 Å². The van der Waals surface area contributed by atoms with Gasteiger partial charge in [-0.15, -0.1) is 0 Å². The first kappa shape index (κ1) is 13.5. The summed E-state index contributed by atoms with van der Waals surface area (Å²) in [4.78, 5) is 0. The zero-order valence-electron chi connectivity index (χ0n) is 11.4. The Morgan fingerprint density at radius 3 is 1.90 bits per heavy atom. The Kier molecular flexibility index (Phi) is 3.80. The predicted octanol–water partition coefficient (Wildman–Crippen LogP) is 5.33. The quantitative estimate of drug-likeness (QED) is 0.640. The van der Waals surface area contributed by atoms with Crippen molar-refractivity contribution < 1.29 is 0 Å². The molecule has 3 rings (SSSR count). The van der Waals surface area contributed by atoms with Crippen LogP contribution in [-0.4, -0.2) is 0 Å². The Labute approximate surface area is 129 Å². The first-order valence-corrected chi connectivity index (χ1v) is 7.08. The van der Waals surface area contributed by atoms with Crippen molar-refractivity contribution in [2.45, 2.75) is 0 Å². The predicted molar refractivity (Wildman–Crippen MR) is 91.0 cm³/mol. The van der Waals surface area contributed by atoms with Crippen LogP contribution in [0.15, 0.2) is 72.8 Å². The van der Waals surface area contributed by atoms with Gasteiger partial charge in [0.15, 0.2) is 0 Å². The fourth-order valence-electron chi connectivity index (χ4n) is 2.14. The molecule has 104 valence electrons. The Morgan fingerprint density at radius 2 is 1.29 bits per heavy atom. The number of nitrogens with one attached hydrogen (secondary N) is 1. The van der Waals surface area contributed by atoms with Crippen molar-refractivity contribution in [1.82, 2.24) is 0 Å². The maximum Gasteiger partial charge on any atom is 0.0640 e. The van der Waals surface area contributed by atoms with Crippen molar-refractivity contribution in [2.75, 3.05) is 11.1 Å². The summed E-state index contributed by atoms with van der Waals surface area (Å²) in [5.41, 5.74) is 10.7. The largest absolute Gasteiger partial charge is 0.399 e. The van der Waals surface area contributed by atoms with Gasteiger partial charge in [0.2, 0.25) is 0 Å². The van der Waals surface area contributed by atoms with Crippen LogP contribution in [0.5, 0.6) is 0 Å². The van der Waals surface area contributed by atoms with E-state index in [0.717, 1.165) is 28.2 Å². The van der Waals surface area contributed by atoms with Gasteiger partial charge in [-0.25, -0.2) is 0 Å². The van der Waals surface area contributed by atoms with Gasteiger partial charge >= 0.3 is 0 Å². The number of benzene rings is 3. The summed E-state index contributed by atoms with van der Waals surface area (Å²) in [7, 11) is 0. The number of nitrogens with two attached hydrogens (primary N) is 1. The standard InChI is InChI=1S/C18H15ClN2/c19-17-3-1-2-4-18(17)21-16-11-7-14(8-12-16)13-5-9-15(20)10-6-13/h1-12,21H,20H2. The van der Waals surface area contributed by atoms with Crippen LogP contribution < -0.4 is 11.1 Å². The Balaban J connectivity index is 1.81. The molecule has 0 saturated carbocycles. The lowest BCUT2D eigenvalue weighted by Gasteiger charge is -2.09. The van der Waals surface area contributed by atoms with Gasteiger partial charge in [-0.1, -0.05) is 48.0 Å². The number of para-hydroxylation sites is 1. The average Bonchev–Trinajstić information content (AvgIpc) is 2.51. The van der Waals surface area contributed by atoms with E-state index in [2.05, 4.69) is 17.4 Å². The van der Waals surface area contributed by atoms with Gasteiger partial charge < -0.3 is 11.1 Å². The summed E-state index contributed by atoms with van der Waals surface area (Å²) < 4.78 is 0. The van der Waals surface area contributed by atoms with Crippen molar-refractivity contribution in [2.24, 2.45) is 0 Å². The van der Waals surface area contributed by atoms with E-state index in [4.69, 9.17) is 17.3 Å². The molecule has 0 saturated heterocycles. The third-order valence-electron chi connectivity index (χ3n) is 3.28. The van der Waals surface area contributed by atoms with E-state index in [-0.39, 0.29) is 0 Å². The lowest BCUT2D eigenvalue weighted by atomic mass is 10.1. The summed E-state index contributed by atoms with van der Waals surface area (Å²) >= 11 is 6.14. The fraction of sp³-hybridized carbons (Fsp3) is 0. The fourth-order valence-corrected chi connectivity index (χ4v) is 2.32. The highest BCUT2D eigenvalue weighted by molar-refractivity contribution is 6.33. The van der Waals surface area contributed by atoms with Crippen molar-refractivity contribution in [3.8, 4) is 11.1 Å². The molecule has 0 aliphatic rings. The van der Waals surface area contributed by atoms with Crippen molar-refractivity contribution in [3.05, 3.63) is 77.8 Å². The van der Waals surface area contributed by atoms with Crippen molar-refractivity contribution in [1.29, 1.82) is 0 Å². The molecule has 0 aliphatic carbocycles. The number of anilines is 3. The third-order valence-corrected chi connectivity index (χ3v) is 3.61. The highest BCUT2D eigenvalue weighted by Gasteiger charge is 2.01. The number of halogens is 1. The Hall–Kier alpha value is -2.45. The maximum absolute atomic E-state index is 6.14. The summed E-state index contributed by atoms with van der Waals surface area (Å²) in [6, 6.07) is 23.8. The van der Waals surface area contributed by atoms with E-state index >= 15 is 0 Å². The molecule has 0 heterocycles. The van der Waals surface area contributed by atoms with Crippen LogP contribution in [0.4, 0.5) is 17.1 Å². The van der Waals surface area contributed by atoms with Gasteiger partial charge in [0.1, 0.15) is 0 Å². The first-order chi connectivity index (χ1) is 10.2. The molecule has 3 aromatic rings. The number of nitrogen functional groups attached to an aromatic ring is 1. The van der Waals surface area contributed by atoms with Crippen LogP contribution in [0.1, 0.15) is 0 Å². The third kappa shape index (κ3) is 3.18. The lowest BCUT2D eigenvalue weighted by molar-refractivity contribution is 1.54. The van der Waals surface area contributed by atoms with Crippen LogP contribution in [0.3, 0.4) is 0 Å². The van der Waals surface area contributed by atoms with E-state index in [0.29, 0.717) is 5.02 Å². The topological polar surface area (TPSA) is 38.0 Å². The minimum absolute atomic E-state index is 0.708. The smallest absolute Gasteiger partial charge is 0.0640 e. The van der Waals surface area contributed by atoms with Gasteiger partial charge in [0, 0.05) is 11.4 Å². The lowest BCUT2D eigenvalue weighted by Crippen LogP contribution is -1.91. The van der Waals surface area contributed by atoms with Gasteiger partial charge in [-0.2, -0.15) is 0 Å². The van der Waals surface area contributed by atoms with E-state index in [9.17, 15) is 0 Å². The molecule has 0 amide bonds. The molecular weight excluding hydrogens is 280 g/mol. The molecule has 21 heavy (non-hydrogen) atoms. The first-order valence-electron chi connectivity index (χ1n) is 6.70. The summed E-state index contributed by atoms with van der Waals surface area (Å²) in [6.07, 6.45) is 0. The molecule has 3 heteroatoms. The SMILES string of the molecule is Nc1ccc(-c2ccc(Nc3ccccc3Cl)cc2)cc1. The summed E-state index contributed by atoms with van der Waals surface area (Å²) in [6.45, 7) is 0. The minimum Gasteiger partial charge on any atom is -0.399 e. The molecule has 0 atom stereocenters. The number of hydrogen-bond donors (Lipinski definition) is 2. The molecule has 0 radical (unpaired) electrons. The zero-order valence-corrected chi connectivity index (χ0v) is 12.1. The van der Waals surface area contributed by atoms with E-state index in [1.807, 2.05) is 60.7 Å². The second-order valence-corrected chi connectivity index (χ2v) is 5.21. The van der Waals surface area contributed by atoms with Crippen LogP contribution in [0, 0.1) is 0 Å². The van der Waals surface area contributed by atoms with Crippen LogP contribution in [0.25, 0.3) is 11.1 Å². The van der Waals surface area contributed by atoms with Crippen molar-refractivity contribution >= 4 is 28.7 Å². The molecule has 0 aliphatic heterocycles. The van der Waals surface area contributed by atoms with Crippen LogP contribution in [0.2, 0.25) is 5.02 Å². The average molecular weight is 295 g/mol. The molecule has 2 nitrogen and oxygen atoms in total. The molecule has 0 fully saturated rings. The summed E-state index contributed by atoms with van der Waals surface area (Å²) in [5.74, 6) is 0. The molecule has 0 bridgehead atoms. The minimum atomic E-state index is 0.708. The number of rotatable bonds is 3. The van der Waals surface area contributed by atoms with Gasteiger partial charge in [0.25, 0.3) is 0 Å².